The van der Waals surface area contributed by atoms with Crippen LogP contribution in [0.3, 0.4) is 0 Å². The molecule has 2 rings (SSSR count). The molecule has 0 aliphatic rings. The van der Waals surface area contributed by atoms with E-state index in [2.05, 4.69) is 10.6 Å². The fourth-order valence-electron chi connectivity index (χ4n) is 3.06. The quantitative estimate of drug-likeness (QED) is 0.387. The normalized spacial score (nSPS) is 11.2. The van der Waals surface area contributed by atoms with Crippen LogP contribution in [0.2, 0.25) is 0 Å². The standard InChI is InChI=1S/C24H30N2O6/c1-4-32-23(28)16-21(18-7-5-8-20(15-18)31-3)26-22(27)9-6-14-25-24(29)17-10-12-19(30-2)13-11-17/h5,7-8,10-13,15,21H,4,6,9,14,16H2,1-3H3,(H,25,29)(H,26,27). The lowest BCUT2D eigenvalue weighted by Gasteiger charge is -2.19. The molecule has 0 bridgehead atoms. The van der Waals surface area contributed by atoms with Crippen LogP contribution in [0, 0.1) is 0 Å². The van der Waals surface area contributed by atoms with Gasteiger partial charge in [-0.05, 0) is 55.3 Å². The van der Waals surface area contributed by atoms with Crippen LogP contribution in [0.4, 0.5) is 0 Å². The van der Waals surface area contributed by atoms with Crippen molar-refractivity contribution in [2.24, 2.45) is 0 Å². The first-order chi connectivity index (χ1) is 15.5. The summed E-state index contributed by atoms with van der Waals surface area (Å²) in [6.45, 7) is 2.35. The number of methoxy groups -OCH3 is 2. The molecule has 32 heavy (non-hydrogen) atoms. The number of benzene rings is 2. The van der Waals surface area contributed by atoms with Gasteiger partial charge in [0.25, 0.3) is 5.91 Å². The summed E-state index contributed by atoms with van der Waals surface area (Å²) in [6.07, 6.45) is 0.672. The van der Waals surface area contributed by atoms with Crippen molar-refractivity contribution < 1.29 is 28.6 Å². The Balaban J connectivity index is 1.87. The van der Waals surface area contributed by atoms with Crippen LogP contribution < -0.4 is 20.1 Å². The fraction of sp³-hybridized carbons (Fsp3) is 0.375. The monoisotopic (exact) mass is 442 g/mol. The Kier molecular flexibility index (Phi) is 10.0. The summed E-state index contributed by atoms with van der Waals surface area (Å²) in [5, 5.41) is 5.67. The summed E-state index contributed by atoms with van der Waals surface area (Å²) >= 11 is 0. The highest BCUT2D eigenvalue weighted by atomic mass is 16.5. The van der Waals surface area contributed by atoms with E-state index in [4.69, 9.17) is 14.2 Å². The highest BCUT2D eigenvalue weighted by Crippen LogP contribution is 2.22. The predicted molar refractivity (Wildman–Crippen MR) is 120 cm³/mol. The fourth-order valence-corrected chi connectivity index (χ4v) is 3.06. The molecule has 2 N–H and O–H groups in total. The maximum atomic E-state index is 12.5. The minimum absolute atomic E-state index is 0.0148. The first-order valence-corrected chi connectivity index (χ1v) is 10.5. The van der Waals surface area contributed by atoms with E-state index in [-0.39, 0.29) is 31.3 Å². The zero-order valence-electron chi connectivity index (χ0n) is 18.7. The first-order valence-electron chi connectivity index (χ1n) is 10.5. The lowest BCUT2D eigenvalue weighted by molar-refractivity contribution is -0.143. The van der Waals surface area contributed by atoms with Crippen molar-refractivity contribution >= 4 is 17.8 Å². The van der Waals surface area contributed by atoms with Crippen molar-refractivity contribution in [1.82, 2.24) is 10.6 Å². The molecule has 0 saturated carbocycles. The number of hydrogen-bond donors (Lipinski definition) is 2. The lowest BCUT2D eigenvalue weighted by Crippen LogP contribution is -2.31. The summed E-state index contributed by atoms with van der Waals surface area (Å²) in [5.74, 6) is 0.469. The topological polar surface area (TPSA) is 103 Å². The van der Waals surface area contributed by atoms with Crippen LogP contribution >= 0.6 is 0 Å². The zero-order valence-corrected chi connectivity index (χ0v) is 18.7. The van der Waals surface area contributed by atoms with Crippen molar-refractivity contribution in [2.75, 3.05) is 27.4 Å². The van der Waals surface area contributed by atoms with Gasteiger partial charge >= 0.3 is 5.97 Å². The van der Waals surface area contributed by atoms with Crippen molar-refractivity contribution in [3.63, 3.8) is 0 Å². The summed E-state index contributed by atoms with van der Waals surface area (Å²) in [7, 11) is 3.12. The number of rotatable bonds is 12. The molecule has 0 radical (unpaired) electrons. The van der Waals surface area contributed by atoms with E-state index < -0.39 is 12.0 Å². The molecule has 8 heteroatoms. The van der Waals surface area contributed by atoms with E-state index in [9.17, 15) is 14.4 Å². The van der Waals surface area contributed by atoms with Gasteiger partial charge in [-0.3, -0.25) is 14.4 Å². The van der Waals surface area contributed by atoms with Gasteiger partial charge in [0.05, 0.1) is 33.3 Å². The molecule has 0 spiro atoms. The molecule has 2 amide bonds. The second-order valence-electron chi connectivity index (χ2n) is 6.99. The van der Waals surface area contributed by atoms with Crippen molar-refractivity contribution in [3.8, 4) is 11.5 Å². The Hall–Kier alpha value is -3.55. The molecular formula is C24H30N2O6. The molecule has 2 aromatic carbocycles. The Morgan fingerprint density at radius 3 is 2.34 bits per heavy atom. The van der Waals surface area contributed by atoms with Gasteiger partial charge in [-0.15, -0.1) is 0 Å². The molecule has 0 aliphatic carbocycles. The summed E-state index contributed by atoms with van der Waals surface area (Å²) in [5.41, 5.74) is 1.27. The molecule has 0 saturated heterocycles. The number of amides is 2. The number of hydrogen-bond acceptors (Lipinski definition) is 6. The van der Waals surface area contributed by atoms with E-state index in [1.54, 1.807) is 63.6 Å². The van der Waals surface area contributed by atoms with Crippen molar-refractivity contribution in [1.29, 1.82) is 0 Å². The Bertz CT molecular complexity index is 898. The largest absolute Gasteiger partial charge is 0.497 e. The summed E-state index contributed by atoms with van der Waals surface area (Å²) < 4.78 is 15.3. The number of nitrogens with one attached hydrogen (secondary N) is 2. The number of esters is 1. The van der Waals surface area contributed by atoms with E-state index in [0.29, 0.717) is 30.0 Å². The summed E-state index contributed by atoms with van der Waals surface area (Å²) in [4.78, 5) is 36.7. The van der Waals surface area contributed by atoms with Gasteiger partial charge in [-0.25, -0.2) is 0 Å². The van der Waals surface area contributed by atoms with Gasteiger partial charge in [-0.2, -0.15) is 0 Å². The van der Waals surface area contributed by atoms with Crippen LogP contribution in [0.1, 0.15) is 48.1 Å². The van der Waals surface area contributed by atoms with E-state index in [0.717, 1.165) is 5.56 Å². The van der Waals surface area contributed by atoms with E-state index >= 15 is 0 Å². The molecule has 1 unspecified atom stereocenters. The molecule has 0 aliphatic heterocycles. The van der Waals surface area contributed by atoms with Gasteiger partial charge in [0.1, 0.15) is 11.5 Å². The van der Waals surface area contributed by atoms with Crippen LogP contribution in [0.15, 0.2) is 48.5 Å². The minimum Gasteiger partial charge on any atom is -0.497 e. The summed E-state index contributed by atoms with van der Waals surface area (Å²) in [6, 6.07) is 13.4. The average molecular weight is 443 g/mol. The highest BCUT2D eigenvalue weighted by Gasteiger charge is 2.20. The zero-order chi connectivity index (χ0) is 23.3. The smallest absolute Gasteiger partial charge is 0.308 e. The maximum absolute atomic E-state index is 12.5. The van der Waals surface area contributed by atoms with Gasteiger partial charge in [0, 0.05) is 18.5 Å². The number of carbonyl (C=O) groups excluding carboxylic acids is 3. The van der Waals surface area contributed by atoms with E-state index in [1.807, 2.05) is 6.07 Å². The van der Waals surface area contributed by atoms with Gasteiger partial charge in [0.2, 0.25) is 5.91 Å². The van der Waals surface area contributed by atoms with E-state index in [1.165, 1.54) is 0 Å². The van der Waals surface area contributed by atoms with Crippen molar-refractivity contribution in [2.45, 2.75) is 32.2 Å². The molecule has 172 valence electrons. The van der Waals surface area contributed by atoms with Gasteiger partial charge in [-0.1, -0.05) is 12.1 Å². The SMILES string of the molecule is CCOC(=O)CC(NC(=O)CCCNC(=O)c1ccc(OC)cc1)c1cccc(OC)c1. The number of carbonyl (C=O) groups is 3. The van der Waals surface area contributed by atoms with Crippen LogP contribution in [-0.4, -0.2) is 45.2 Å². The lowest BCUT2D eigenvalue weighted by atomic mass is 10.0. The molecule has 0 aromatic heterocycles. The third-order valence-corrected chi connectivity index (χ3v) is 4.73. The van der Waals surface area contributed by atoms with Crippen LogP contribution in [0.25, 0.3) is 0 Å². The Morgan fingerprint density at radius 1 is 0.969 bits per heavy atom. The van der Waals surface area contributed by atoms with Crippen molar-refractivity contribution in [3.05, 3.63) is 59.7 Å². The predicted octanol–water partition coefficient (Wildman–Crippen LogP) is 3.02. The third kappa shape index (κ3) is 7.94. The Morgan fingerprint density at radius 2 is 1.69 bits per heavy atom. The third-order valence-electron chi connectivity index (χ3n) is 4.73. The maximum Gasteiger partial charge on any atom is 0.308 e. The Labute approximate surface area is 188 Å². The molecule has 0 fully saturated rings. The molecule has 8 nitrogen and oxygen atoms in total. The van der Waals surface area contributed by atoms with Crippen LogP contribution in [0.5, 0.6) is 11.5 Å². The van der Waals surface area contributed by atoms with Gasteiger partial charge < -0.3 is 24.8 Å². The molecule has 1 atom stereocenters. The first kappa shape index (κ1) is 24.7. The minimum atomic E-state index is -0.537. The second-order valence-corrected chi connectivity index (χ2v) is 6.99. The van der Waals surface area contributed by atoms with Gasteiger partial charge in [0.15, 0.2) is 0 Å². The molecule has 0 heterocycles. The second kappa shape index (κ2) is 13.0. The van der Waals surface area contributed by atoms with Crippen LogP contribution in [-0.2, 0) is 14.3 Å². The average Bonchev–Trinajstić information content (AvgIpc) is 2.81. The number of ether oxygens (including phenoxy) is 3. The molecule has 2 aromatic rings. The molecular weight excluding hydrogens is 412 g/mol. The highest BCUT2D eigenvalue weighted by molar-refractivity contribution is 5.94.